The summed E-state index contributed by atoms with van der Waals surface area (Å²) in [4.78, 5) is 11.4. The predicted octanol–water partition coefficient (Wildman–Crippen LogP) is 3.78. The highest BCUT2D eigenvalue weighted by Gasteiger charge is 2.31. The van der Waals surface area contributed by atoms with Crippen molar-refractivity contribution in [2.24, 2.45) is 5.84 Å². The summed E-state index contributed by atoms with van der Waals surface area (Å²) in [6.45, 7) is 0.0437. The third kappa shape index (κ3) is 5.04. The number of amides is 1. The third-order valence-electron chi connectivity index (χ3n) is 3.86. The fourth-order valence-electron chi connectivity index (χ4n) is 2.63. The summed E-state index contributed by atoms with van der Waals surface area (Å²) in [5.74, 6) is 3.46. The van der Waals surface area contributed by atoms with E-state index in [2.05, 4.69) is 9.84 Å². The number of halogens is 5. The summed E-state index contributed by atoms with van der Waals surface area (Å²) in [5, 5.41) is 4.90. The van der Waals surface area contributed by atoms with Gasteiger partial charge in [0.2, 0.25) is 0 Å². The summed E-state index contributed by atoms with van der Waals surface area (Å²) in [5.41, 5.74) is 3.01. The SMILES string of the molecule is NNC(=O)/C=C/c1nn(Cc2ccc(F)cc2Cl)c2cc(OC(F)(F)F)ccc12. The summed E-state index contributed by atoms with van der Waals surface area (Å²) in [6, 6.07) is 7.44. The molecule has 3 aromatic rings. The summed E-state index contributed by atoms with van der Waals surface area (Å²) >= 11 is 6.04. The number of nitrogens with zero attached hydrogens (tertiary/aromatic N) is 2. The number of nitrogens with two attached hydrogens (primary N) is 1. The van der Waals surface area contributed by atoms with Crippen molar-refractivity contribution < 1.29 is 27.1 Å². The molecule has 0 unspecified atom stereocenters. The summed E-state index contributed by atoms with van der Waals surface area (Å²) in [6.07, 6.45) is -2.38. The van der Waals surface area contributed by atoms with Crippen molar-refractivity contribution in [1.82, 2.24) is 15.2 Å². The van der Waals surface area contributed by atoms with Gasteiger partial charge >= 0.3 is 6.36 Å². The van der Waals surface area contributed by atoms with E-state index in [1.54, 1.807) is 0 Å². The Labute approximate surface area is 166 Å². The zero-order chi connectivity index (χ0) is 21.2. The van der Waals surface area contributed by atoms with Crippen LogP contribution in [0.5, 0.6) is 5.75 Å². The molecule has 3 rings (SSSR count). The van der Waals surface area contributed by atoms with Crippen molar-refractivity contribution in [3.63, 3.8) is 0 Å². The number of hydrazine groups is 1. The van der Waals surface area contributed by atoms with Crippen molar-refractivity contribution >= 4 is 34.5 Å². The van der Waals surface area contributed by atoms with Crippen molar-refractivity contribution in [1.29, 1.82) is 0 Å². The molecule has 152 valence electrons. The highest BCUT2D eigenvalue weighted by Crippen LogP contribution is 2.29. The Balaban J connectivity index is 2.08. The van der Waals surface area contributed by atoms with Gasteiger partial charge in [-0.15, -0.1) is 13.2 Å². The molecule has 0 aliphatic heterocycles. The fourth-order valence-corrected chi connectivity index (χ4v) is 2.86. The van der Waals surface area contributed by atoms with Crippen molar-refractivity contribution in [3.8, 4) is 5.75 Å². The summed E-state index contributed by atoms with van der Waals surface area (Å²) < 4.78 is 56.3. The average Bonchev–Trinajstić information content (AvgIpc) is 2.97. The number of nitrogens with one attached hydrogen (secondary N) is 1. The fraction of sp³-hybridized carbons (Fsp3) is 0.111. The van der Waals surface area contributed by atoms with Crippen LogP contribution < -0.4 is 16.0 Å². The minimum Gasteiger partial charge on any atom is -0.406 e. The second kappa shape index (κ2) is 8.10. The average molecular weight is 429 g/mol. The van der Waals surface area contributed by atoms with E-state index in [1.807, 2.05) is 5.43 Å². The van der Waals surface area contributed by atoms with Gasteiger partial charge in [0.25, 0.3) is 5.91 Å². The first-order valence-corrected chi connectivity index (χ1v) is 8.43. The quantitative estimate of drug-likeness (QED) is 0.213. The minimum atomic E-state index is -4.86. The number of carbonyl (C=O) groups excluding carboxylic acids is 1. The Morgan fingerprint density at radius 1 is 1.28 bits per heavy atom. The second-order valence-electron chi connectivity index (χ2n) is 5.85. The van der Waals surface area contributed by atoms with E-state index in [4.69, 9.17) is 17.4 Å². The maximum Gasteiger partial charge on any atom is 0.573 e. The van der Waals surface area contributed by atoms with E-state index in [0.29, 0.717) is 22.2 Å². The van der Waals surface area contributed by atoms with Gasteiger partial charge in [0.1, 0.15) is 11.6 Å². The molecule has 0 fully saturated rings. The van der Waals surface area contributed by atoms with Gasteiger partial charge in [0.05, 0.1) is 17.8 Å². The highest BCUT2D eigenvalue weighted by atomic mass is 35.5. The molecule has 0 spiro atoms. The maximum absolute atomic E-state index is 13.3. The van der Waals surface area contributed by atoms with E-state index in [1.165, 1.54) is 29.0 Å². The molecule has 3 N–H and O–H groups in total. The first-order valence-electron chi connectivity index (χ1n) is 8.05. The Morgan fingerprint density at radius 2 is 2.03 bits per heavy atom. The van der Waals surface area contributed by atoms with E-state index in [9.17, 15) is 22.4 Å². The van der Waals surface area contributed by atoms with Crippen molar-refractivity contribution in [2.75, 3.05) is 0 Å². The van der Waals surface area contributed by atoms with Gasteiger partial charge in [-0.05, 0) is 35.9 Å². The van der Waals surface area contributed by atoms with Gasteiger partial charge in [-0.2, -0.15) is 5.10 Å². The molecular formula is C18H13ClF4N4O2. The van der Waals surface area contributed by atoms with Crippen LogP contribution in [-0.4, -0.2) is 22.1 Å². The molecule has 0 bridgehead atoms. The largest absolute Gasteiger partial charge is 0.573 e. The van der Waals surface area contributed by atoms with Gasteiger partial charge < -0.3 is 4.74 Å². The lowest BCUT2D eigenvalue weighted by Gasteiger charge is -2.10. The van der Waals surface area contributed by atoms with Crippen LogP contribution in [-0.2, 0) is 11.3 Å². The molecule has 0 radical (unpaired) electrons. The number of hydrogen-bond donors (Lipinski definition) is 2. The molecule has 1 amide bonds. The van der Waals surface area contributed by atoms with Crippen LogP contribution in [0.2, 0.25) is 5.02 Å². The number of aromatic nitrogens is 2. The van der Waals surface area contributed by atoms with E-state index < -0.39 is 23.8 Å². The van der Waals surface area contributed by atoms with Crippen LogP contribution in [0.3, 0.4) is 0 Å². The second-order valence-corrected chi connectivity index (χ2v) is 6.25. The lowest BCUT2D eigenvalue weighted by Crippen LogP contribution is -2.27. The molecule has 0 aliphatic carbocycles. The van der Waals surface area contributed by atoms with Crippen molar-refractivity contribution in [2.45, 2.75) is 12.9 Å². The molecule has 0 aliphatic rings. The monoisotopic (exact) mass is 428 g/mol. The van der Waals surface area contributed by atoms with Gasteiger partial charge in [-0.1, -0.05) is 17.7 Å². The first kappa shape index (κ1) is 20.6. The van der Waals surface area contributed by atoms with Crippen LogP contribution >= 0.6 is 11.6 Å². The maximum atomic E-state index is 13.3. The normalized spacial score (nSPS) is 11.9. The molecule has 0 atom stereocenters. The molecule has 11 heteroatoms. The van der Waals surface area contributed by atoms with Gasteiger partial charge in [-0.3, -0.25) is 14.9 Å². The molecule has 1 heterocycles. The van der Waals surface area contributed by atoms with Crippen molar-refractivity contribution in [3.05, 3.63) is 64.6 Å². The lowest BCUT2D eigenvalue weighted by molar-refractivity contribution is -0.274. The number of benzene rings is 2. The Morgan fingerprint density at radius 3 is 2.69 bits per heavy atom. The van der Waals surface area contributed by atoms with E-state index in [0.717, 1.165) is 24.3 Å². The van der Waals surface area contributed by atoms with Crippen LogP contribution in [0, 0.1) is 5.82 Å². The molecular weight excluding hydrogens is 416 g/mol. The number of alkyl halides is 3. The topological polar surface area (TPSA) is 82.2 Å². The van der Waals surface area contributed by atoms with Crippen LogP contribution in [0.1, 0.15) is 11.3 Å². The smallest absolute Gasteiger partial charge is 0.406 e. The number of rotatable bonds is 5. The molecule has 0 saturated heterocycles. The zero-order valence-corrected chi connectivity index (χ0v) is 15.3. The number of hydrogen-bond acceptors (Lipinski definition) is 4. The van der Waals surface area contributed by atoms with Crippen LogP contribution in [0.4, 0.5) is 17.6 Å². The van der Waals surface area contributed by atoms with Crippen LogP contribution in [0.15, 0.2) is 42.5 Å². The van der Waals surface area contributed by atoms with Gasteiger partial charge in [0.15, 0.2) is 0 Å². The first-order chi connectivity index (χ1) is 13.7. The van der Waals surface area contributed by atoms with E-state index >= 15 is 0 Å². The number of ether oxygens (including phenoxy) is 1. The molecule has 6 nitrogen and oxygen atoms in total. The summed E-state index contributed by atoms with van der Waals surface area (Å²) in [7, 11) is 0. The van der Waals surface area contributed by atoms with Gasteiger partial charge in [-0.25, -0.2) is 10.2 Å². The number of carbonyl (C=O) groups is 1. The predicted molar refractivity (Wildman–Crippen MR) is 98.3 cm³/mol. The zero-order valence-electron chi connectivity index (χ0n) is 14.5. The molecule has 29 heavy (non-hydrogen) atoms. The van der Waals surface area contributed by atoms with Crippen LogP contribution in [0.25, 0.3) is 17.0 Å². The Bertz CT molecular complexity index is 1100. The lowest BCUT2D eigenvalue weighted by atomic mass is 10.2. The Kier molecular flexibility index (Phi) is 5.76. The standard InChI is InChI=1S/C18H13ClF4N4O2/c19-14-7-11(20)2-1-10(14)9-27-16-8-12(29-18(21,22)23)3-4-13(16)15(26-27)5-6-17(28)25-24/h1-8H,9,24H2,(H,25,28)/b6-5+. The molecule has 1 aromatic heterocycles. The number of fused-ring (bicyclic) bond motifs is 1. The third-order valence-corrected chi connectivity index (χ3v) is 4.21. The van der Waals surface area contributed by atoms with E-state index in [-0.39, 0.29) is 11.6 Å². The Hall–Kier alpha value is -3.11. The van der Waals surface area contributed by atoms with Gasteiger partial charge in [0, 0.05) is 22.6 Å². The molecule has 2 aromatic carbocycles. The molecule has 0 saturated carbocycles. The minimum absolute atomic E-state index is 0.0437. The highest BCUT2D eigenvalue weighted by molar-refractivity contribution is 6.31.